The fourth-order valence-electron chi connectivity index (χ4n) is 8.87. The highest BCUT2D eigenvalue weighted by molar-refractivity contribution is 6.70. The summed E-state index contributed by atoms with van der Waals surface area (Å²) in [7, 11) is -5.22. The SMILES string of the molecule is C=C(O[Si](C)(C)C)C1(O[Si](C)(C)C)CCC2C3CC(C)=C4C=C(O[Si](C)(C)C)CCC4(C)C3CCC21C. The lowest BCUT2D eigenvalue weighted by Gasteiger charge is -2.60. The molecule has 4 aliphatic carbocycles. The summed E-state index contributed by atoms with van der Waals surface area (Å²) in [6.45, 7) is 32.9. The van der Waals surface area contributed by atoms with Crippen molar-refractivity contribution >= 4 is 25.0 Å². The van der Waals surface area contributed by atoms with E-state index >= 15 is 0 Å². The molecule has 2 fully saturated rings. The molecule has 0 amide bonds. The van der Waals surface area contributed by atoms with Gasteiger partial charge in [-0.25, -0.2) is 0 Å². The molecule has 6 heteroatoms. The number of hydrogen-bond acceptors (Lipinski definition) is 3. The zero-order valence-electron chi connectivity index (χ0n) is 26.2. The van der Waals surface area contributed by atoms with Crippen molar-refractivity contribution in [2.24, 2.45) is 28.6 Å². The molecule has 4 aliphatic rings. The minimum atomic E-state index is -1.84. The van der Waals surface area contributed by atoms with Crippen LogP contribution in [-0.2, 0) is 13.3 Å². The van der Waals surface area contributed by atoms with Gasteiger partial charge < -0.3 is 13.3 Å². The van der Waals surface area contributed by atoms with E-state index in [2.05, 4.69) is 92.3 Å². The molecule has 0 aromatic rings. The molecule has 0 aromatic heterocycles. The first-order valence-corrected chi connectivity index (χ1v) is 25.1. The molecule has 4 rings (SSSR count). The first kappa shape index (κ1) is 29.4. The Hall–Kier alpha value is -0.569. The summed E-state index contributed by atoms with van der Waals surface area (Å²) >= 11 is 0. The molecule has 210 valence electrons. The Bertz CT molecular complexity index is 995. The normalized spacial score (nSPS) is 38.4. The van der Waals surface area contributed by atoms with Crippen LogP contribution >= 0.6 is 0 Å². The fourth-order valence-corrected chi connectivity index (χ4v) is 12.2. The first-order chi connectivity index (χ1) is 16.7. The van der Waals surface area contributed by atoms with Crippen LogP contribution in [0.4, 0.5) is 0 Å². The van der Waals surface area contributed by atoms with Gasteiger partial charge in [-0.05, 0) is 139 Å². The second-order valence-electron chi connectivity index (χ2n) is 16.2. The molecular weight excluding hydrogens is 505 g/mol. The summed E-state index contributed by atoms with van der Waals surface area (Å²) in [5.74, 6) is 4.30. The topological polar surface area (TPSA) is 27.7 Å². The Balaban J connectivity index is 1.72. The molecule has 37 heavy (non-hydrogen) atoms. The van der Waals surface area contributed by atoms with E-state index in [1.165, 1.54) is 37.9 Å². The van der Waals surface area contributed by atoms with E-state index < -0.39 is 25.0 Å². The average molecular weight is 561 g/mol. The van der Waals surface area contributed by atoms with E-state index in [-0.39, 0.29) is 16.4 Å². The monoisotopic (exact) mass is 560 g/mol. The van der Waals surface area contributed by atoms with Crippen LogP contribution in [0, 0.1) is 28.6 Å². The van der Waals surface area contributed by atoms with E-state index in [0.717, 1.165) is 24.5 Å². The van der Waals surface area contributed by atoms with Crippen molar-refractivity contribution in [3.8, 4) is 0 Å². The second-order valence-corrected chi connectivity index (χ2v) is 29.5. The summed E-state index contributed by atoms with van der Waals surface area (Å²) < 4.78 is 20.5. The van der Waals surface area contributed by atoms with E-state index in [1.54, 1.807) is 11.1 Å². The van der Waals surface area contributed by atoms with E-state index in [4.69, 9.17) is 13.3 Å². The van der Waals surface area contributed by atoms with Crippen LogP contribution < -0.4 is 0 Å². The lowest BCUT2D eigenvalue weighted by Crippen LogP contribution is -2.59. The van der Waals surface area contributed by atoms with Crippen molar-refractivity contribution < 1.29 is 13.3 Å². The van der Waals surface area contributed by atoms with E-state index in [0.29, 0.717) is 11.8 Å². The molecule has 6 atom stereocenters. The van der Waals surface area contributed by atoms with Crippen LogP contribution in [0.25, 0.3) is 0 Å². The van der Waals surface area contributed by atoms with Crippen molar-refractivity contribution in [2.75, 3.05) is 0 Å². The van der Waals surface area contributed by atoms with Crippen molar-refractivity contribution in [3.63, 3.8) is 0 Å². The van der Waals surface area contributed by atoms with Crippen molar-refractivity contribution in [3.05, 3.63) is 35.3 Å². The molecule has 0 radical (unpaired) electrons. The third kappa shape index (κ3) is 5.30. The van der Waals surface area contributed by atoms with Crippen LogP contribution in [-0.4, -0.2) is 30.6 Å². The summed E-state index contributed by atoms with van der Waals surface area (Å²) in [5.41, 5.74) is 3.20. The summed E-state index contributed by atoms with van der Waals surface area (Å²) in [6, 6.07) is 0. The van der Waals surface area contributed by atoms with Gasteiger partial charge in [0.25, 0.3) is 0 Å². The minimum absolute atomic E-state index is 0.0793. The van der Waals surface area contributed by atoms with Gasteiger partial charge in [-0.2, -0.15) is 0 Å². The maximum Gasteiger partial charge on any atom is 0.241 e. The average Bonchev–Trinajstić information content (AvgIpc) is 2.99. The summed E-state index contributed by atoms with van der Waals surface area (Å²) in [4.78, 5) is 0. The highest BCUT2D eigenvalue weighted by atomic mass is 28.4. The van der Waals surface area contributed by atoms with Crippen LogP contribution in [0.5, 0.6) is 0 Å². The fraction of sp³-hybridized carbons (Fsp3) is 0.806. The Morgan fingerprint density at radius 3 is 2.05 bits per heavy atom. The number of allylic oxidation sites excluding steroid dienone is 4. The lowest BCUT2D eigenvalue weighted by molar-refractivity contribution is -0.107. The number of hydrogen-bond donors (Lipinski definition) is 0. The lowest BCUT2D eigenvalue weighted by atomic mass is 9.46. The Morgan fingerprint density at radius 2 is 1.49 bits per heavy atom. The molecule has 0 heterocycles. The van der Waals surface area contributed by atoms with Gasteiger partial charge in [-0.1, -0.05) is 26.0 Å². The Labute approximate surface area is 231 Å². The molecular formula is C31H56O3Si3. The molecule has 3 nitrogen and oxygen atoms in total. The maximum absolute atomic E-state index is 7.27. The van der Waals surface area contributed by atoms with Crippen LogP contribution in [0.1, 0.15) is 65.7 Å². The largest absolute Gasteiger partial charge is 0.547 e. The molecule has 0 N–H and O–H groups in total. The maximum atomic E-state index is 7.27. The predicted octanol–water partition coefficient (Wildman–Crippen LogP) is 9.64. The van der Waals surface area contributed by atoms with E-state index in [9.17, 15) is 0 Å². The van der Waals surface area contributed by atoms with Gasteiger partial charge in [0.2, 0.25) is 16.6 Å². The van der Waals surface area contributed by atoms with Crippen molar-refractivity contribution in [2.45, 2.75) is 130 Å². The second kappa shape index (κ2) is 9.24. The standard InChI is InChI=1S/C31H56O3Si3/c1-22-20-25-26(29(3)17-14-24(21-28(22)29)33-36(8,9)10)15-18-30(4)27(25)16-19-31(30,34-37(11,12)13)23(2)32-35(5,6)7/h21,25-27H,2,14-20H2,1,3-13H3. The van der Waals surface area contributed by atoms with Gasteiger partial charge in [0.15, 0.2) is 8.32 Å². The smallest absolute Gasteiger partial charge is 0.241 e. The summed E-state index contributed by atoms with van der Waals surface area (Å²) in [5, 5.41) is 0. The highest BCUT2D eigenvalue weighted by Gasteiger charge is 2.67. The molecule has 0 aliphatic heterocycles. The van der Waals surface area contributed by atoms with Crippen LogP contribution in [0.15, 0.2) is 35.3 Å². The van der Waals surface area contributed by atoms with Gasteiger partial charge in [0, 0.05) is 11.8 Å². The number of fused-ring (bicyclic) bond motifs is 5. The van der Waals surface area contributed by atoms with E-state index in [1.807, 2.05) is 0 Å². The van der Waals surface area contributed by atoms with Gasteiger partial charge in [-0.3, -0.25) is 0 Å². The van der Waals surface area contributed by atoms with Gasteiger partial charge in [-0.15, -0.1) is 0 Å². The Morgan fingerprint density at radius 1 is 0.865 bits per heavy atom. The van der Waals surface area contributed by atoms with Gasteiger partial charge in [0.1, 0.15) is 11.4 Å². The predicted molar refractivity (Wildman–Crippen MR) is 165 cm³/mol. The quantitative estimate of drug-likeness (QED) is 0.229. The van der Waals surface area contributed by atoms with Crippen LogP contribution in [0.3, 0.4) is 0 Å². The van der Waals surface area contributed by atoms with Crippen molar-refractivity contribution in [1.82, 2.24) is 0 Å². The third-order valence-corrected chi connectivity index (χ3v) is 12.7. The molecule has 0 spiro atoms. The zero-order valence-corrected chi connectivity index (χ0v) is 29.2. The van der Waals surface area contributed by atoms with Gasteiger partial charge in [0.05, 0.1) is 5.76 Å². The van der Waals surface area contributed by atoms with Gasteiger partial charge >= 0.3 is 0 Å². The third-order valence-electron chi connectivity index (χ3n) is 9.99. The summed E-state index contributed by atoms with van der Waals surface area (Å²) in [6.07, 6.45) is 10.8. The Kier molecular flexibility index (Phi) is 7.34. The number of rotatable bonds is 7. The van der Waals surface area contributed by atoms with Crippen molar-refractivity contribution in [1.29, 1.82) is 0 Å². The first-order valence-electron chi connectivity index (χ1n) is 14.9. The minimum Gasteiger partial charge on any atom is -0.547 e. The molecule has 0 saturated heterocycles. The molecule has 0 aromatic carbocycles. The molecule has 0 bridgehead atoms. The van der Waals surface area contributed by atoms with Crippen LogP contribution in [0.2, 0.25) is 58.9 Å². The molecule has 6 unspecified atom stereocenters. The molecule has 2 saturated carbocycles. The zero-order chi connectivity index (χ0) is 27.8. The highest BCUT2D eigenvalue weighted by Crippen LogP contribution is 2.70.